The summed E-state index contributed by atoms with van der Waals surface area (Å²) in [7, 11) is 5.49. The second-order valence-electron chi connectivity index (χ2n) is 6.42. The van der Waals surface area contributed by atoms with Crippen LogP contribution in [0.2, 0.25) is 0 Å². The Balaban J connectivity index is 2.40. The quantitative estimate of drug-likeness (QED) is 0.799. The maximum absolute atomic E-state index is 5.34. The van der Waals surface area contributed by atoms with E-state index >= 15 is 0 Å². The van der Waals surface area contributed by atoms with E-state index in [1.54, 1.807) is 14.2 Å². The lowest BCUT2D eigenvalue weighted by Crippen LogP contribution is -2.40. The van der Waals surface area contributed by atoms with Gasteiger partial charge in [-0.25, -0.2) is 0 Å². The van der Waals surface area contributed by atoms with Crippen molar-refractivity contribution in [1.82, 2.24) is 10.2 Å². The van der Waals surface area contributed by atoms with Gasteiger partial charge in [-0.2, -0.15) is 0 Å². The Morgan fingerprint density at radius 2 is 1.71 bits per heavy atom. The molecule has 1 N–H and O–H groups in total. The Kier molecular flexibility index (Phi) is 6.99. The topological polar surface area (TPSA) is 33.7 Å². The van der Waals surface area contributed by atoms with E-state index in [0.717, 1.165) is 37.6 Å². The van der Waals surface area contributed by atoms with E-state index in [2.05, 4.69) is 50.2 Å². The lowest BCUT2D eigenvalue weighted by molar-refractivity contribution is 0.312. The number of hydrogen-bond donors (Lipinski definition) is 1. The fourth-order valence-corrected chi connectivity index (χ4v) is 2.09. The van der Waals surface area contributed by atoms with E-state index in [-0.39, 0.29) is 5.54 Å². The molecule has 0 aliphatic rings. The molecule has 0 aliphatic carbocycles. The van der Waals surface area contributed by atoms with Gasteiger partial charge in [-0.1, -0.05) is 6.07 Å². The molecular weight excluding hydrogens is 264 g/mol. The maximum atomic E-state index is 5.34. The molecule has 1 rings (SSSR count). The van der Waals surface area contributed by atoms with E-state index in [1.165, 1.54) is 5.56 Å². The van der Waals surface area contributed by atoms with Gasteiger partial charge in [0.15, 0.2) is 11.5 Å². The maximum Gasteiger partial charge on any atom is 0.160 e. The van der Waals surface area contributed by atoms with Crippen molar-refractivity contribution in [3.8, 4) is 11.5 Å². The van der Waals surface area contributed by atoms with Crippen LogP contribution < -0.4 is 14.8 Å². The van der Waals surface area contributed by atoms with Crippen LogP contribution in [0.4, 0.5) is 0 Å². The lowest BCUT2D eigenvalue weighted by Gasteiger charge is -2.23. The second-order valence-corrected chi connectivity index (χ2v) is 6.42. The van der Waals surface area contributed by atoms with Gasteiger partial charge in [0.25, 0.3) is 0 Å². The van der Waals surface area contributed by atoms with Crippen LogP contribution in [0.3, 0.4) is 0 Å². The molecule has 0 radical (unpaired) electrons. The summed E-state index contributed by atoms with van der Waals surface area (Å²) in [6.45, 7) is 9.65. The normalized spacial score (nSPS) is 11.8. The van der Waals surface area contributed by atoms with Crippen molar-refractivity contribution in [2.45, 2.75) is 32.7 Å². The molecule has 21 heavy (non-hydrogen) atoms. The highest BCUT2D eigenvalue weighted by Crippen LogP contribution is 2.27. The molecule has 4 nitrogen and oxygen atoms in total. The van der Waals surface area contributed by atoms with Crippen molar-refractivity contribution < 1.29 is 9.47 Å². The summed E-state index contributed by atoms with van der Waals surface area (Å²) in [6, 6.07) is 6.12. The zero-order chi connectivity index (χ0) is 15.9. The number of nitrogens with one attached hydrogen (secondary N) is 1. The van der Waals surface area contributed by atoms with Gasteiger partial charge in [0.05, 0.1) is 14.2 Å². The molecule has 0 saturated heterocycles. The van der Waals surface area contributed by atoms with Gasteiger partial charge in [-0.3, -0.25) is 0 Å². The zero-order valence-electron chi connectivity index (χ0n) is 14.3. The van der Waals surface area contributed by atoms with Crippen LogP contribution in [-0.4, -0.2) is 51.3 Å². The smallest absolute Gasteiger partial charge is 0.160 e. The molecule has 0 atom stereocenters. The monoisotopic (exact) mass is 294 g/mol. The summed E-state index contributed by atoms with van der Waals surface area (Å²) in [5, 5.41) is 3.51. The van der Waals surface area contributed by atoms with E-state index in [0.29, 0.717) is 0 Å². The summed E-state index contributed by atoms with van der Waals surface area (Å²) in [5.41, 5.74) is 1.45. The summed E-state index contributed by atoms with van der Waals surface area (Å²) < 4.78 is 10.6. The molecule has 4 heteroatoms. The fourth-order valence-electron chi connectivity index (χ4n) is 2.09. The molecule has 0 aliphatic heterocycles. The van der Waals surface area contributed by atoms with Gasteiger partial charge >= 0.3 is 0 Å². The highest BCUT2D eigenvalue weighted by molar-refractivity contribution is 5.42. The van der Waals surface area contributed by atoms with Crippen LogP contribution in [0.15, 0.2) is 18.2 Å². The van der Waals surface area contributed by atoms with Crippen LogP contribution in [0, 0.1) is 0 Å². The number of methoxy groups -OCH3 is 2. The van der Waals surface area contributed by atoms with Crippen molar-refractivity contribution >= 4 is 0 Å². The van der Waals surface area contributed by atoms with Crippen molar-refractivity contribution in [3.05, 3.63) is 23.8 Å². The first-order chi connectivity index (χ1) is 9.85. The summed E-state index contributed by atoms with van der Waals surface area (Å²) in [5.74, 6) is 1.58. The van der Waals surface area contributed by atoms with Crippen LogP contribution >= 0.6 is 0 Å². The van der Waals surface area contributed by atoms with E-state index in [9.17, 15) is 0 Å². The zero-order valence-corrected chi connectivity index (χ0v) is 14.3. The largest absolute Gasteiger partial charge is 0.493 e. The molecule has 1 aromatic carbocycles. The Labute approximate surface area is 129 Å². The molecule has 0 spiro atoms. The Morgan fingerprint density at radius 3 is 2.29 bits per heavy atom. The third-order valence-corrected chi connectivity index (χ3v) is 3.38. The highest BCUT2D eigenvalue weighted by atomic mass is 16.5. The molecule has 0 bridgehead atoms. The first-order valence-corrected chi connectivity index (χ1v) is 7.50. The summed E-state index contributed by atoms with van der Waals surface area (Å²) in [6.07, 6.45) is 1.01. The molecular formula is C17H30N2O2. The van der Waals surface area contributed by atoms with Gasteiger partial charge in [-0.15, -0.1) is 0 Å². The van der Waals surface area contributed by atoms with E-state index < -0.39 is 0 Å². The Morgan fingerprint density at radius 1 is 1.05 bits per heavy atom. The van der Waals surface area contributed by atoms with Gasteiger partial charge in [0, 0.05) is 25.2 Å². The average Bonchev–Trinajstić information content (AvgIpc) is 2.43. The van der Waals surface area contributed by atoms with Gasteiger partial charge in [0.2, 0.25) is 0 Å². The first kappa shape index (κ1) is 17.8. The van der Waals surface area contributed by atoms with Crippen LogP contribution in [0.25, 0.3) is 0 Å². The molecule has 0 amide bonds. The SMILES string of the molecule is COc1ccc(CCN(C)CCNC(C)(C)C)cc1OC. The molecule has 120 valence electrons. The van der Waals surface area contributed by atoms with Gasteiger partial charge < -0.3 is 19.7 Å². The molecule has 0 unspecified atom stereocenters. The number of nitrogens with zero attached hydrogens (tertiary/aromatic N) is 1. The van der Waals surface area contributed by atoms with Gasteiger partial charge in [-0.05, 0) is 51.9 Å². The molecule has 0 saturated carbocycles. The third-order valence-electron chi connectivity index (χ3n) is 3.38. The molecule has 0 fully saturated rings. The summed E-state index contributed by atoms with van der Waals surface area (Å²) >= 11 is 0. The lowest BCUT2D eigenvalue weighted by atomic mass is 10.1. The second kappa shape index (κ2) is 8.25. The number of benzene rings is 1. The van der Waals surface area contributed by atoms with Crippen LogP contribution in [0.5, 0.6) is 11.5 Å². The number of likely N-dealkylation sites (N-methyl/N-ethyl adjacent to an activating group) is 1. The van der Waals surface area contributed by atoms with Crippen molar-refractivity contribution in [2.75, 3.05) is 40.9 Å². The number of hydrogen-bond acceptors (Lipinski definition) is 4. The Hall–Kier alpha value is -1.26. The summed E-state index contributed by atoms with van der Waals surface area (Å²) in [4.78, 5) is 2.34. The predicted molar refractivity (Wildman–Crippen MR) is 88.5 cm³/mol. The average molecular weight is 294 g/mol. The minimum Gasteiger partial charge on any atom is -0.493 e. The third kappa shape index (κ3) is 6.82. The van der Waals surface area contributed by atoms with Crippen molar-refractivity contribution in [2.24, 2.45) is 0 Å². The van der Waals surface area contributed by atoms with Crippen LogP contribution in [-0.2, 0) is 6.42 Å². The van der Waals surface area contributed by atoms with Gasteiger partial charge in [0.1, 0.15) is 0 Å². The van der Waals surface area contributed by atoms with E-state index in [1.807, 2.05) is 6.07 Å². The van der Waals surface area contributed by atoms with Crippen molar-refractivity contribution in [3.63, 3.8) is 0 Å². The molecule has 1 aromatic rings. The molecule has 0 aromatic heterocycles. The predicted octanol–water partition coefficient (Wildman–Crippen LogP) is 2.57. The molecule has 0 heterocycles. The Bertz CT molecular complexity index is 427. The minimum atomic E-state index is 0.185. The first-order valence-electron chi connectivity index (χ1n) is 7.50. The highest BCUT2D eigenvalue weighted by Gasteiger charge is 2.09. The minimum absolute atomic E-state index is 0.185. The van der Waals surface area contributed by atoms with E-state index in [4.69, 9.17) is 9.47 Å². The van der Waals surface area contributed by atoms with Crippen molar-refractivity contribution in [1.29, 1.82) is 0 Å². The van der Waals surface area contributed by atoms with Crippen LogP contribution in [0.1, 0.15) is 26.3 Å². The fraction of sp³-hybridized carbons (Fsp3) is 0.647. The number of rotatable bonds is 8. The number of ether oxygens (including phenoxy) is 2. The standard InChI is InChI=1S/C17H30N2O2/c1-17(2,3)18-10-12-19(4)11-9-14-7-8-15(20-5)16(13-14)21-6/h7-8,13,18H,9-12H2,1-6H3.